The zero-order chi connectivity index (χ0) is 15.7. The molecule has 0 aliphatic carbocycles. The molecule has 0 fully saturated rings. The standard InChI is InChI=1S/C14H18O7/c1-4-17-5-6-18-14(16)20-21-19-13(15)12-8-10(2)7-11(3)9-12/h7-9H,4-6H2,1-3H3. The van der Waals surface area contributed by atoms with Crippen molar-refractivity contribution in [2.75, 3.05) is 19.8 Å². The van der Waals surface area contributed by atoms with Gasteiger partial charge in [0.2, 0.25) is 0 Å². The smallest absolute Gasteiger partial charge is 0.430 e. The SMILES string of the molecule is CCOCCOC(=O)OOOC(=O)c1cc(C)cc(C)c1. The van der Waals surface area contributed by atoms with Gasteiger partial charge in [-0.1, -0.05) is 17.2 Å². The molecule has 0 N–H and O–H groups in total. The topological polar surface area (TPSA) is 80.3 Å². The lowest BCUT2D eigenvalue weighted by molar-refractivity contribution is -0.452. The summed E-state index contributed by atoms with van der Waals surface area (Å²) in [4.78, 5) is 31.1. The third kappa shape index (κ3) is 6.73. The fourth-order valence-corrected chi connectivity index (χ4v) is 1.57. The Kier molecular flexibility index (Phi) is 7.20. The number of ether oxygens (including phenoxy) is 2. The quantitative estimate of drug-likeness (QED) is 0.331. The van der Waals surface area contributed by atoms with E-state index >= 15 is 0 Å². The first-order valence-electron chi connectivity index (χ1n) is 6.41. The highest BCUT2D eigenvalue weighted by atomic mass is 17.5. The second kappa shape index (κ2) is 8.93. The molecule has 7 nitrogen and oxygen atoms in total. The molecule has 116 valence electrons. The molecule has 0 heterocycles. The highest BCUT2D eigenvalue weighted by Crippen LogP contribution is 2.10. The summed E-state index contributed by atoms with van der Waals surface area (Å²) in [6, 6.07) is 5.15. The van der Waals surface area contributed by atoms with Gasteiger partial charge >= 0.3 is 12.1 Å². The minimum absolute atomic E-state index is 0.0149. The Morgan fingerprint density at radius 3 is 2.29 bits per heavy atom. The van der Waals surface area contributed by atoms with E-state index in [0.717, 1.165) is 11.1 Å². The first-order chi connectivity index (χ1) is 10.0. The fraction of sp³-hybridized carbons (Fsp3) is 0.429. The van der Waals surface area contributed by atoms with Gasteiger partial charge < -0.3 is 9.47 Å². The molecule has 0 radical (unpaired) electrons. The second-order valence-electron chi connectivity index (χ2n) is 4.19. The van der Waals surface area contributed by atoms with E-state index in [4.69, 9.17) is 4.74 Å². The van der Waals surface area contributed by atoms with Gasteiger partial charge in [0.15, 0.2) is 0 Å². The molecule has 1 rings (SSSR count). The van der Waals surface area contributed by atoms with Crippen molar-refractivity contribution in [3.8, 4) is 0 Å². The Hall–Kier alpha value is -2.12. The van der Waals surface area contributed by atoms with E-state index in [0.29, 0.717) is 12.2 Å². The molecular formula is C14H18O7. The molecule has 0 bridgehead atoms. The minimum atomic E-state index is -1.12. The van der Waals surface area contributed by atoms with Crippen LogP contribution in [0.3, 0.4) is 0 Å². The van der Waals surface area contributed by atoms with Crippen molar-refractivity contribution in [3.63, 3.8) is 0 Å². The summed E-state index contributed by atoms with van der Waals surface area (Å²) in [6.45, 7) is 6.28. The lowest BCUT2D eigenvalue weighted by Gasteiger charge is -2.05. The zero-order valence-corrected chi connectivity index (χ0v) is 12.2. The highest BCUT2D eigenvalue weighted by Gasteiger charge is 2.12. The van der Waals surface area contributed by atoms with Crippen LogP contribution in [-0.2, 0) is 24.3 Å². The Balaban J connectivity index is 2.28. The van der Waals surface area contributed by atoms with Crippen LogP contribution in [0, 0.1) is 13.8 Å². The fourth-order valence-electron chi connectivity index (χ4n) is 1.57. The van der Waals surface area contributed by atoms with Gasteiger partial charge in [-0.15, -0.1) is 0 Å². The third-order valence-electron chi connectivity index (χ3n) is 2.32. The average molecular weight is 298 g/mol. The Bertz CT molecular complexity index is 464. The summed E-state index contributed by atoms with van der Waals surface area (Å²) in [6.07, 6.45) is -1.12. The number of aryl methyl sites for hydroxylation is 2. The molecule has 0 aliphatic heterocycles. The molecule has 0 aliphatic rings. The van der Waals surface area contributed by atoms with Gasteiger partial charge in [-0.2, -0.15) is 0 Å². The van der Waals surface area contributed by atoms with Gasteiger partial charge in [-0.05, 0) is 32.9 Å². The minimum Gasteiger partial charge on any atom is -0.430 e. The first kappa shape index (κ1) is 16.9. The summed E-state index contributed by atoms with van der Waals surface area (Å²) in [5.74, 6) is -0.774. The number of rotatable bonds is 7. The Labute approximate surface area is 122 Å². The van der Waals surface area contributed by atoms with E-state index in [1.54, 1.807) is 12.1 Å². The van der Waals surface area contributed by atoms with Crippen LogP contribution in [0.5, 0.6) is 0 Å². The van der Waals surface area contributed by atoms with Crippen molar-refractivity contribution in [1.29, 1.82) is 0 Å². The number of benzene rings is 1. The zero-order valence-electron chi connectivity index (χ0n) is 12.2. The van der Waals surface area contributed by atoms with E-state index in [-0.39, 0.29) is 13.2 Å². The van der Waals surface area contributed by atoms with Crippen LogP contribution in [0.4, 0.5) is 4.79 Å². The van der Waals surface area contributed by atoms with Gasteiger partial charge in [0.05, 0.1) is 17.2 Å². The largest absolute Gasteiger partial charge is 0.543 e. The molecule has 1 aromatic carbocycles. The van der Waals surface area contributed by atoms with Gasteiger partial charge in [-0.3, -0.25) is 4.89 Å². The number of carbonyl (C=O) groups excluding carboxylic acids is 2. The number of hydrogen-bond donors (Lipinski definition) is 0. The van der Waals surface area contributed by atoms with Crippen LogP contribution in [-0.4, -0.2) is 31.9 Å². The lowest BCUT2D eigenvalue weighted by Crippen LogP contribution is -2.14. The van der Waals surface area contributed by atoms with E-state index in [1.807, 2.05) is 26.8 Å². The summed E-state index contributed by atoms with van der Waals surface area (Å²) in [5.41, 5.74) is 2.09. The maximum Gasteiger partial charge on any atom is 0.543 e. The van der Waals surface area contributed by atoms with E-state index in [1.165, 1.54) is 0 Å². The van der Waals surface area contributed by atoms with E-state index < -0.39 is 12.1 Å². The predicted molar refractivity (Wildman–Crippen MR) is 71.3 cm³/mol. The van der Waals surface area contributed by atoms with Crippen LogP contribution in [0.1, 0.15) is 28.4 Å². The summed E-state index contributed by atoms with van der Waals surface area (Å²) >= 11 is 0. The van der Waals surface area contributed by atoms with Crippen LogP contribution >= 0.6 is 0 Å². The summed E-state index contributed by atoms with van der Waals surface area (Å²) in [5, 5.41) is 4.08. The van der Waals surface area contributed by atoms with E-state index in [2.05, 4.69) is 19.6 Å². The van der Waals surface area contributed by atoms with Crippen molar-refractivity contribution in [2.24, 2.45) is 0 Å². The lowest BCUT2D eigenvalue weighted by atomic mass is 10.1. The molecule has 1 aromatic rings. The van der Waals surface area contributed by atoms with Crippen molar-refractivity contribution in [2.45, 2.75) is 20.8 Å². The second-order valence-corrected chi connectivity index (χ2v) is 4.19. The van der Waals surface area contributed by atoms with Gasteiger partial charge in [0, 0.05) is 6.61 Å². The van der Waals surface area contributed by atoms with Crippen molar-refractivity contribution >= 4 is 12.1 Å². The Morgan fingerprint density at radius 2 is 1.67 bits per heavy atom. The summed E-state index contributed by atoms with van der Waals surface area (Å²) < 4.78 is 9.52. The first-order valence-corrected chi connectivity index (χ1v) is 6.41. The molecule has 0 amide bonds. The molecule has 21 heavy (non-hydrogen) atoms. The maximum absolute atomic E-state index is 11.6. The number of carbonyl (C=O) groups is 2. The van der Waals surface area contributed by atoms with Gasteiger partial charge in [0.25, 0.3) is 0 Å². The van der Waals surface area contributed by atoms with Crippen molar-refractivity contribution in [1.82, 2.24) is 0 Å². The highest BCUT2D eigenvalue weighted by molar-refractivity contribution is 5.89. The predicted octanol–water partition coefficient (Wildman–Crippen LogP) is 2.50. The molecule has 0 aromatic heterocycles. The maximum atomic E-state index is 11.6. The molecule has 7 heteroatoms. The van der Waals surface area contributed by atoms with Crippen molar-refractivity contribution in [3.05, 3.63) is 34.9 Å². The van der Waals surface area contributed by atoms with E-state index in [9.17, 15) is 9.59 Å². The average Bonchev–Trinajstić information content (AvgIpc) is 2.42. The monoisotopic (exact) mass is 298 g/mol. The van der Waals surface area contributed by atoms with Crippen LogP contribution in [0.2, 0.25) is 0 Å². The summed E-state index contributed by atoms with van der Waals surface area (Å²) in [7, 11) is 0. The molecule has 0 spiro atoms. The van der Waals surface area contributed by atoms with Crippen LogP contribution in [0.15, 0.2) is 18.2 Å². The molecule has 0 saturated carbocycles. The van der Waals surface area contributed by atoms with Crippen molar-refractivity contribution < 1.29 is 33.9 Å². The molecule has 0 saturated heterocycles. The van der Waals surface area contributed by atoms with Gasteiger partial charge in [0.1, 0.15) is 6.61 Å². The number of hydrogen-bond acceptors (Lipinski definition) is 7. The van der Waals surface area contributed by atoms with Crippen LogP contribution < -0.4 is 0 Å². The van der Waals surface area contributed by atoms with Crippen LogP contribution in [0.25, 0.3) is 0 Å². The molecule has 0 atom stereocenters. The molecule has 0 unspecified atom stereocenters. The normalized spacial score (nSPS) is 10.0. The third-order valence-corrected chi connectivity index (χ3v) is 2.32. The molecular weight excluding hydrogens is 280 g/mol. The Morgan fingerprint density at radius 1 is 1.00 bits per heavy atom. The van der Waals surface area contributed by atoms with Gasteiger partial charge in [-0.25, -0.2) is 14.5 Å².